The lowest BCUT2D eigenvalue weighted by atomic mass is 10.1. The Hall–Kier alpha value is -2.44. The zero-order valence-electron chi connectivity index (χ0n) is 9.73. The summed E-state index contributed by atoms with van der Waals surface area (Å²) < 4.78 is 22.4. The molecule has 0 aliphatic carbocycles. The first-order valence-electron chi connectivity index (χ1n) is 4.76. The predicted octanol–water partition coefficient (Wildman–Crippen LogP) is 2.91. The molecule has 0 heterocycles. The van der Waals surface area contributed by atoms with E-state index in [4.69, 9.17) is 4.74 Å². The van der Waals surface area contributed by atoms with E-state index in [1.165, 1.54) is 0 Å². The lowest BCUT2D eigenvalue weighted by Gasteiger charge is -2.09. The first-order chi connectivity index (χ1) is 8.36. The van der Waals surface area contributed by atoms with Crippen LogP contribution in [0.3, 0.4) is 0 Å². The van der Waals surface area contributed by atoms with Gasteiger partial charge < -0.3 is 9.47 Å². The van der Waals surface area contributed by atoms with Gasteiger partial charge in [0.25, 0.3) is 0 Å². The summed E-state index contributed by atoms with van der Waals surface area (Å²) in [6.45, 7) is 5.11. The van der Waals surface area contributed by atoms with Crippen LogP contribution in [0.4, 0.5) is 14.9 Å². The summed E-state index contributed by atoms with van der Waals surface area (Å²) in [6.07, 6.45) is -1.06. The van der Waals surface area contributed by atoms with Crippen molar-refractivity contribution >= 4 is 17.4 Å². The number of halogens is 1. The summed E-state index contributed by atoms with van der Waals surface area (Å²) in [5, 5.41) is 10.6. The molecule has 7 heteroatoms. The second kappa shape index (κ2) is 5.26. The van der Waals surface area contributed by atoms with E-state index in [0.29, 0.717) is 5.57 Å². The van der Waals surface area contributed by atoms with Gasteiger partial charge in [0.2, 0.25) is 5.82 Å². The lowest BCUT2D eigenvalue weighted by Crippen LogP contribution is -2.09. The number of carbonyl (C=O) groups excluding carboxylic acids is 1. The highest BCUT2D eigenvalue weighted by Crippen LogP contribution is 2.32. The molecule has 0 aromatic heterocycles. The predicted molar refractivity (Wildman–Crippen MR) is 60.8 cm³/mol. The fraction of sp³-hybridized carbons (Fsp3) is 0.182. The van der Waals surface area contributed by atoms with Crippen molar-refractivity contribution in [1.82, 2.24) is 0 Å². The number of ether oxygens (including phenoxy) is 2. The number of hydrogen-bond acceptors (Lipinski definition) is 5. The molecular weight excluding hydrogens is 245 g/mol. The normalized spacial score (nSPS) is 9.72. The number of hydrogen-bond donors (Lipinski definition) is 0. The Balaban J connectivity index is 3.35. The fourth-order valence-corrected chi connectivity index (χ4v) is 1.23. The molecule has 6 nitrogen and oxygen atoms in total. The van der Waals surface area contributed by atoms with Gasteiger partial charge in [-0.05, 0) is 18.6 Å². The second-order valence-electron chi connectivity index (χ2n) is 3.39. The number of benzene rings is 1. The summed E-state index contributed by atoms with van der Waals surface area (Å²) in [6, 6.07) is 1.70. The van der Waals surface area contributed by atoms with E-state index in [1.807, 2.05) is 0 Å². The van der Waals surface area contributed by atoms with Gasteiger partial charge >= 0.3 is 11.8 Å². The van der Waals surface area contributed by atoms with Crippen LogP contribution in [0.1, 0.15) is 12.5 Å². The van der Waals surface area contributed by atoms with Gasteiger partial charge in [0.05, 0.1) is 18.1 Å². The van der Waals surface area contributed by atoms with Crippen LogP contribution in [0.2, 0.25) is 0 Å². The van der Waals surface area contributed by atoms with Crippen molar-refractivity contribution in [2.24, 2.45) is 0 Å². The monoisotopic (exact) mass is 255 g/mol. The van der Waals surface area contributed by atoms with Gasteiger partial charge in [0.15, 0.2) is 0 Å². The van der Waals surface area contributed by atoms with Crippen LogP contribution >= 0.6 is 0 Å². The van der Waals surface area contributed by atoms with Crippen LogP contribution in [0.5, 0.6) is 5.75 Å². The van der Waals surface area contributed by atoms with Crippen molar-refractivity contribution in [3.8, 4) is 5.75 Å². The molecule has 0 saturated heterocycles. The Morgan fingerprint density at radius 1 is 1.50 bits per heavy atom. The molecule has 0 bridgehead atoms. The zero-order valence-corrected chi connectivity index (χ0v) is 9.73. The molecular formula is C11H10FNO5. The molecule has 0 saturated carbocycles. The minimum atomic E-state index is -1.06. The molecule has 0 fully saturated rings. The first kappa shape index (κ1) is 13.6. The molecule has 0 N–H and O–H groups in total. The highest BCUT2D eigenvalue weighted by molar-refractivity contribution is 5.73. The van der Waals surface area contributed by atoms with Crippen molar-refractivity contribution in [1.29, 1.82) is 0 Å². The number of nitro benzene ring substituents is 1. The maximum atomic E-state index is 13.4. The molecule has 0 aliphatic heterocycles. The third-order valence-corrected chi connectivity index (χ3v) is 2.07. The van der Waals surface area contributed by atoms with Gasteiger partial charge in [-0.25, -0.2) is 4.79 Å². The summed E-state index contributed by atoms with van der Waals surface area (Å²) in [5.41, 5.74) is -0.245. The van der Waals surface area contributed by atoms with Crippen molar-refractivity contribution in [2.75, 3.05) is 7.11 Å². The van der Waals surface area contributed by atoms with E-state index in [2.05, 4.69) is 11.3 Å². The van der Waals surface area contributed by atoms with Crippen molar-refractivity contribution in [2.45, 2.75) is 6.92 Å². The van der Waals surface area contributed by atoms with Crippen molar-refractivity contribution in [3.63, 3.8) is 0 Å². The van der Waals surface area contributed by atoms with Crippen LogP contribution in [0.25, 0.3) is 5.57 Å². The van der Waals surface area contributed by atoms with Crippen LogP contribution in [0.15, 0.2) is 18.7 Å². The summed E-state index contributed by atoms with van der Waals surface area (Å²) in [4.78, 5) is 20.7. The quantitative estimate of drug-likeness (QED) is 0.359. The van der Waals surface area contributed by atoms with Gasteiger partial charge in [0.1, 0.15) is 5.75 Å². The fourth-order valence-electron chi connectivity index (χ4n) is 1.23. The molecule has 96 valence electrons. The molecule has 0 aliphatic rings. The van der Waals surface area contributed by atoms with Crippen LogP contribution in [0, 0.1) is 15.9 Å². The Morgan fingerprint density at radius 2 is 2.11 bits per heavy atom. The molecule has 0 unspecified atom stereocenters. The minimum Gasteiger partial charge on any atom is -0.437 e. The van der Waals surface area contributed by atoms with Gasteiger partial charge in [-0.2, -0.15) is 4.39 Å². The molecule has 18 heavy (non-hydrogen) atoms. The number of methoxy groups -OCH3 is 1. The first-order valence-corrected chi connectivity index (χ1v) is 4.76. The van der Waals surface area contributed by atoms with E-state index >= 15 is 0 Å². The highest BCUT2D eigenvalue weighted by atomic mass is 19.1. The molecule has 1 aromatic rings. The summed E-state index contributed by atoms with van der Waals surface area (Å²) in [7, 11) is 1.08. The molecule has 0 atom stereocenters. The number of nitrogens with zero attached hydrogens (tertiary/aromatic N) is 1. The number of nitro groups is 1. The standard InChI is InChI=1S/C11H10FNO5/c1-6(2)7-4-8(12)9(13(15)16)5-10(7)18-11(14)17-3/h4-5H,1H2,2-3H3. The Labute approximate surface area is 102 Å². The smallest absolute Gasteiger partial charge is 0.437 e. The second-order valence-corrected chi connectivity index (χ2v) is 3.39. The molecule has 1 aromatic carbocycles. The lowest BCUT2D eigenvalue weighted by molar-refractivity contribution is -0.387. The van der Waals surface area contributed by atoms with E-state index < -0.39 is 22.6 Å². The molecule has 0 spiro atoms. The van der Waals surface area contributed by atoms with E-state index in [9.17, 15) is 19.3 Å². The maximum absolute atomic E-state index is 13.4. The Kier molecular flexibility index (Phi) is 3.98. The number of carbonyl (C=O) groups is 1. The molecule has 1 rings (SSSR count). The van der Waals surface area contributed by atoms with Crippen LogP contribution < -0.4 is 4.74 Å². The average Bonchev–Trinajstić information content (AvgIpc) is 2.29. The minimum absolute atomic E-state index is 0.156. The zero-order chi connectivity index (χ0) is 13.9. The van der Waals surface area contributed by atoms with Crippen molar-refractivity contribution < 1.29 is 23.6 Å². The topological polar surface area (TPSA) is 78.7 Å². The van der Waals surface area contributed by atoms with E-state index in [1.54, 1.807) is 6.92 Å². The maximum Gasteiger partial charge on any atom is 0.513 e. The van der Waals surface area contributed by atoms with Crippen LogP contribution in [-0.4, -0.2) is 18.2 Å². The largest absolute Gasteiger partial charge is 0.513 e. The molecule has 0 radical (unpaired) electrons. The van der Waals surface area contributed by atoms with Gasteiger partial charge in [-0.15, -0.1) is 0 Å². The third kappa shape index (κ3) is 2.82. The van der Waals surface area contributed by atoms with Crippen LogP contribution in [-0.2, 0) is 4.74 Å². The Bertz CT molecular complexity index is 526. The summed E-state index contributed by atoms with van der Waals surface area (Å²) >= 11 is 0. The van der Waals surface area contributed by atoms with E-state index in [-0.39, 0.29) is 11.3 Å². The Morgan fingerprint density at radius 3 is 2.56 bits per heavy atom. The van der Waals surface area contributed by atoms with Gasteiger partial charge in [0, 0.05) is 5.56 Å². The third-order valence-electron chi connectivity index (χ3n) is 2.07. The SMILES string of the molecule is C=C(C)c1cc(F)c([N+](=O)[O-])cc1OC(=O)OC. The van der Waals surface area contributed by atoms with E-state index in [0.717, 1.165) is 19.2 Å². The average molecular weight is 255 g/mol. The highest BCUT2D eigenvalue weighted by Gasteiger charge is 2.21. The van der Waals surface area contributed by atoms with Crippen molar-refractivity contribution in [3.05, 3.63) is 40.2 Å². The number of allylic oxidation sites excluding steroid dienone is 1. The van der Waals surface area contributed by atoms with Gasteiger partial charge in [-0.1, -0.05) is 6.58 Å². The van der Waals surface area contributed by atoms with Gasteiger partial charge in [-0.3, -0.25) is 10.1 Å². The summed E-state index contributed by atoms with van der Waals surface area (Å²) in [5.74, 6) is -1.21. The number of rotatable bonds is 3. The molecule has 0 amide bonds.